The van der Waals surface area contributed by atoms with E-state index in [9.17, 15) is 23.1 Å². The molecule has 1 saturated carbocycles. The third kappa shape index (κ3) is 5.17. The number of nitrogens with one attached hydrogen (secondary N) is 1. The Bertz CT molecular complexity index is 1540. The lowest BCUT2D eigenvalue weighted by Crippen LogP contribution is -2.17. The van der Waals surface area contributed by atoms with Crippen LogP contribution in [0.1, 0.15) is 55.6 Å². The maximum atomic E-state index is 13.4. The molecule has 0 bridgehead atoms. The summed E-state index contributed by atoms with van der Waals surface area (Å²) >= 11 is 1.40. The van der Waals surface area contributed by atoms with Crippen LogP contribution in [0, 0.1) is 17.2 Å². The molecular weight excluding hydrogens is 517 g/mol. The van der Waals surface area contributed by atoms with E-state index in [0.29, 0.717) is 35.0 Å². The van der Waals surface area contributed by atoms with Crippen LogP contribution < -0.4 is 11.1 Å². The Morgan fingerprint density at radius 3 is 2.76 bits per heavy atom. The Kier molecular flexibility index (Phi) is 6.75. The molecule has 8 nitrogen and oxygen atoms in total. The third-order valence-electron chi connectivity index (χ3n) is 6.28. The highest BCUT2D eigenvalue weighted by Crippen LogP contribution is 2.49. The first-order valence-corrected chi connectivity index (χ1v) is 12.4. The number of hydrogen-bond donors (Lipinski definition) is 3. The van der Waals surface area contributed by atoms with Gasteiger partial charge in [-0.2, -0.15) is 23.5 Å². The zero-order chi connectivity index (χ0) is 27.0. The summed E-state index contributed by atoms with van der Waals surface area (Å²) in [6.07, 6.45) is -3.08. The standard InChI is InChI=1S/C26H21F3N6O2S/c27-26(28,29)22-10-20(35(34-22)18-6-1-3-14(7-18)11-30)24(37)33-17-5-2-4-15(8-17)23(36)25-32-13-21(38-25)19-9-16(19)12-31/h1-8,10,13,16,19,23,36H,9,12,31H2,(H,33,37). The van der Waals surface area contributed by atoms with E-state index in [0.717, 1.165) is 16.0 Å². The van der Waals surface area contributed by atoms with Crippen molar-refractivity contribution >= 4 is 22.9 Å². The van der Waals surface area contributed by atoms with Crippen LogP contribution in [0.3, 0.4) is 0 Å². The molecule has 2 heterocycles. The van der Waals surface area contributed by atoms with E-state index in [1.54, 1.807) is 24.4 Å². The highest BCUT2D eigenvalue weighted by Gasteiger charge is 2.39. The van der Waals surface area contributed by atoms with Crippen molar-refractivity contribution in [2.75, 3.05) is 11.9 Å². The molecule has 4 aromatic rings. The van der Waals surface area contributed by atoms with Gasteiger partial charge in [-0.25, -0.2) is 9.67 Å². The fraction of sp³-hybridized carbons (Fsp3) is 0.231. The molecule has 2 aromatic carbocycles. The molecule has 1 fully saturated rings. The lowest BCUT2D eigenvalue weighted by atomic mass is 10.1. The van der Waals surface area contributed by atoms with Crippen molar-refractivity contribution in [3.05, 3.63) is 93.2 Å². The summed E-state index contributed by atoms with van der Waals surface area (Å²) in [6.45, 7) is 0.606. The molecule has 0 saturated heterocycles. The summed E-state index contributed by atoms with van der Waals surface area (Å²) < 4.78 is 41.2. The minimum atomic E-state index is -4.78. The van der Waals surface area contributed by atoms with Crippen molar-refractivity contribution in [1.82, 2.24) is 14.8 Å². The van der Waals surface area contributed by atoms with Gasteiger partial charge >= 0.3 is 6.18 Å². The third-order valence-corrected chi connectivity index (χ3v) is 7.46. The molecule has 1 amide bonds. The van der Waals surface area contributed by atoms with Gasteiger partial charge in [-0.3, -0.25) is 4.79 Å². The summed E-state index contributed by atoms with van der Waals surface area (Å²) in [6, 6.07) is 14.7. The first kappa shape index (κ1) is 25.6. The first-order valence-electron chi connectivity index (χ1n) is 11.6. The predicted molar refractivity (Wildman–Crippen MR) is 134 cm³/mol. The molecule has 0 spiro atoms. The van der Waals surface area contributed by atoms with Crippen molar-refractivity contribution in [3.8, 4) is 11.8 Å². The Morgan fingerprint density at radius 2 is 2.05 bits per heavy atom. The molecule has 2 aromatic heterocycles. The van der Waals surface area contributed by atoms with Gasteiger partial charge in [-0.05, 0) is 60.7 Å². The monoisotopic (exact) mass is 538 g/mol. The topological polar surface area (TPSA) is 130 Å². The minimum absolute atomic E-state index is 0.126. The van der Waals surface area contributed by atoms with Gasteiger partial charge in [-0.1, -0.05) is 18.2 Å². The molecule has 5 rings (SSSR count). The molecule has 4 N–H and O–H groups in total. The Hall–Kier alpha value is -4.05. The Morgan fingerprint density at radius 1 is 1.26 bits per heavy atom. The SMILES string of the molecule is N#Cc1cccc(-n2nc(C(F)(F)F)cc2C(=O)Nc2cccc(C(O)c3ncc(C4CC4CN)s3)c2)c1. The van der Waals surface area contributed by atoms with E-state index >= 15 is 0 Å². The average molecular weight is 539 g/mol. The van der Waals surface area contributed by atoms with E-state index in [4.69, 9.17) is 11.0 Å². The van der Waals surface area contributed by atoms with Crippen LogP contribution >= 0.6 is 11.3 Å². The van der Waals surface area contributed by atoms with E-state index in [-0.39, 0.29) is 22.6 Å². The molecule has 0 aliphatic heterocycles. The van der Waals surface area contributed by atoms with Crippen molar-refractivity contribution in [1.29, 1.82) is 5.26 Å². The number of aromatic nitrogens is 3. The van der Waals surface area contributed by atoms with Crippen LogP contribution in [-0.4, -0.2) is 32.3 Å². The van der Waals surface area contributed by atoms with Crippen LogP contribution in [0.25, 0.3) is 5.69 Å². The van der Waals surface area contributed by atoms with Gasteiger partial charge in [0.2, 0.25) is 0 Å². The average Bonchev–Trinajstić information content (AvgIpc) is 3.30. The predicted octanol–water partition coefficient (Wildman–Crippen LogP) is 4.62. The number of carbonyl (C=O) groups is 1. The van der Waals surface area contributed by atoms with Gasteiger partial charge in [-0.15, -0.1) is 11.3 Å². The van der Waals surface area contributed by atoms with E-state index in [1.165, 1.54) is 41.7 Å². The highest BCUT2D eigenvalue weighted by atomic mass is 32.1. The number of nitriles is 1. The zero-order valence-electron chi connectivity index (χ0n) is 19.7. The second kappa shape index (κ2) is 10.0. The summed E-state index contributed by atoms with van der Waals surface area (Å²) in [5.74, 6) is -0.0443. The zero-order valence-corrected chi connectivity index (χ0v) is 20.5. The van der Waals surface area contributed by atoms with Gasteiger partial charge in [0.1, 0.15) is 16.8 Å². The van der Waals surface area contributed by atoms with Crippen molar-refractivity contribution in [3.63, 3.8) is 0 Å². The molecule has 1 aliphatic carbocycles. The van der Waals surface area contributed by atoms with E-state index in [1.807, 2.05) is 6.07 Å². The number of aliphatic hydroxyl groups excluding tert-OH is 1. The van der Waals surface area contributed by atoms with Crippen LogP contribution in [0.2, 0.25) is 0 Å². The number of anilines is 1. The molecule has 38 heavy (non-hydrogen) atoms. The summed E-state index contributed by atoms with van der Waals surface area (Å²) in [7, 11) is 0. The number of aliphatic hydroxyl groups is 1. The Labute approximate surface area is 219 Å². The number of hydrogen-bond acceptors (Lipinski definition) is 7. The normalized spacial score (nSPS) is 17.6. The second-order valence-electron chi connectivity index (χ2n) is 8.91. The maximum Gasteiger partial charge on any atom is 0.435 e. The fourth-order valence-electron chi connectivity index (χ4n) is 4.16. The molecule has 3 atom stereocenters. The molecule has 12 heteroatoms. The fourth-order valence-corrected chi connectivity index (χ4v) is 5.30. The number of thiazole rings is 1. The molecular formula is C26H21F3N6O2S. The van der Waals surface area contributed by atoms with Crippen molar-refractivity contribution in [2.45, 2.75) is 24.6 Å². The number of amides is 1. The number of nitrogens with two attached hydrogens (primary N) is 1. The summed E-state index contributed by atoms with van der Waals surface area (Å²) in [5.41, 5.74) is 5.15. The molecule has 194 valence electrons. The minimum Gasteiger partial charge on any atom is -0.381 e. The Balaban J connectivity index is 1.40. The van der Waals surface area contributed by atoms with Crippen LogP contribution in [0.15, 0.2) is 60.8 Å². The molecule has 1 aliphatic rings. The van der Waals surface area contributed by atoms with Crippen LogP contribution in [0.5, 0.6) is 0 Å². The summed E-state index contributed by atoms with van der Waals surface area (Å²) in [5, 5.41) is 26.7. The van der Waals surface area contributed by atoms with Crippen molar-refractivity contribution in [2.24, 2.45) is 11.7 Å². The van der Waals surface area contributed by atoms with Gasteiger partial charge in [0.25, 0.3) is 5.91 Å². The highest BCUT2D eigenvalue weighted by molar-refractivity contribution is 7.11. The molecule has 0 radical (unpaired) electrons. The maximum absolute atomic E-state index is 13.4. The second-order valence-corrected chi connectivity index (χ2v) is 10.0. The van der Waals surface area contributed by atoms with Gasteiger partial charge in [0.05, 0.1) is 17.3 Å². The number of nitrogens with zero attached hydrogens (tertiary/aromatic N) is 4. The quantitative estimate of drug-likeness (QED) is 0.315. The van der Waals surface area contributed by atoms with Crippen molar-refractivity contribution < 1.29 is 23.1 Å². The van der Waals surface area contributed by atoms with E-state index in [2.05, 4.69) is 15.4 Å². The van der Waals surface area contributed by atoms with Gasteiger partial charge in [0.15, 0.2) is 5.69 Å². The smallest absolute Gasteiger partial charge is 0.381 e. The largest absolute Gasteiger partial charge is 0.435 e. The first-order chi connectivity index (χ1) is 18.2. The van der Waals surface area contributed by atoms with Gasteiger partial charge < -0.3 is 16.2 Å². The lowest BCUT2D eigenvalue weighted by Gasteiger charge is -2.12. The summed E-state index contributed by atoms with van der Waals surface area (Å²) in [4.78, 5) is 18.5. The number of halogens is 3. The number of carbonyl (C=O) groups excluding carboxylic acids is 1. The van der Waals surface area contributed by atoms with Crippen LogP contribution in [0.4, 0.5) is 18.9 Å². The number of rotatable bonds is 7. The number of benzene rings is 2. The van der Waals surface area contributed by atoms with E-state index < -0.39 is 23.9 Å². The molecule has 3 unspecified atom stereocenters. The number of alkyl halides is 3. The van der Waals surface area contributed by atoms with Crippen LogP contribution in [-0.2, 0) is 6.18 Å². The van der Waals surface area contributed by atoms with Gasteiger partial charge in [0, 0.05) is 22.8 Å². The lowest BCUT2D eigenvalue weighted by molar-refractivity contribution is -0.141.